The van der Waals surface area contributed by atoms with Crippen LogP contribution in [-0.2, 0) is 9.53 Å². The van der Waals surface area contributed by atoms with Gasteiger partial charge in [0.05, 0.1) is 12.3 Å². The van der Waals surface area contributed by atoms with Crippen molar-refractivity contribution in [3.63, 3.8) is 0 Å². The zero-order valence-electron chi connectivity index (χ0n) is 13.1. The number of nitriles is 1. The summed E-state index contributed by atoms with van der Waals surface area (Å²) in [5, 5.41) is 14.2. The fourth-order valence-corrected chi connectivity index (χ4v) is 1.96. The van der Waals surface area contributed by atoms with E-state index in [0.717, 1.165) is 0 Å². The summed E-state index contributed by atoms with van der Waals surface area (Å²) in [6, 6.07) is 2.63. The van der Waals surface area contributed by atoms with Gasteiger partial charge in [-0.1, -0.05) is 0 Å². The van der Waals surface area contributed by atoms with Crippen LogP contribution in [0.4, 0.5) is 10.5 Å². The summed E-state index contributed by atoms with van der Waals surface area (Å²) in [7, 11) is 0. The molecular formula is C15H18N4O4. The Morgan fingerprint density at radius 3 is 3.00 bits per heavy atom. The molecule has 0 radical (unpaired) electrons. The largest absolute Gasteiger partial charge is 0.478 e. The molecule has 1 aliphatic heterocycles. The Balaban J connectivity index is 1.98. The Kier molecular flexibility index (Phi) is 4.69. The van der Waals surface area contributed by atoms with Gasteiger partial charge in [0.1, 0.15) is 23.1 Å². The predicted molar refractivity (Wildman–Crippen MR) is 80.7 cm³/mol. The number of aromatic nitrogens is 1. The van der Waals surface area contributed by atoms with Crippen LogP contribution in [0, 0.1) is 11.3 Å². The lowest BCUT2D eigenvalue weighted by atomic mass is 10.1. The average Bonchev–Trinajstić information content (AvgIpc) is 2.45. The highest BCUT2D eigenvalue weighted by Crippen LogP contribution is 2.29. The van der Waals surface area contributed by atoms with Crippen molar-refractivity contribution in [3.05, 3.63) is 18.5 Å². The van der Waals surface area contributed by atoms with Gasteiger partial charge in [0.2, 0.25) is 0 Å². The number of fused-ring (bicyclic) bond motifs is 1. The number of carbonyl (C=O) groups excluding carboxylic acids is 2. The minimum Gasteiger partial charge on any atom is -0.478 e. The second-order valence-electron chi connectivity index (χ2n) is 6.03. The third-order valence-electron chi connectivity index (χ3n) is 2.90. The first-order valence-electron chi connectivity index (χ1n) is 7.09. The van der Waals surface area contributed by atoms with Gasteiger partial charge in [-0.05, 0) is 20.8 Å². The van der Waals surface area contributed by atoms with Gasteiger partial charge >= 0.3 is 6.09 Å². The van der Waals surface area contributed by atoms with E-state index in [1.807, 2.05) is 6.07 Å². The Morgan fingerprint density at radius 2 is 2.35 bits per heavy atom. The maximum atomic E-state index is 12.0. The number of anilines is 1. The summed E-state index contributed by atoms with van der Waals surface area (Å²) in [5.41, 5.74) is -0.197. The maximum absolute atomic E-state index is 12.0. The van der Waals surface area contributed by atoms with E-state index in [2.05, 4.69) is 15.6 Å². The molecule has 2 rings (SSSR count). The summed E-state index contributed by atoms with van der Waals surface area (Å²) >= 11 is 0. The van der Waals surface area contributed by atoms with E-state index in [0.29, 0.717) is 11.4 Å². The van der Waals surface area contributed by atoms with Crippen molar-refractivity contribution in [2.75, 3.05) is 5.32 Å². The first kappa shape index (κ1) is 16.5. The molecule has 0 aromatic carbocycles. The second-order valence-corrected chi connectivity index (χ2v) is 6.03. The summed E-state index contributed by atoms with van der Waals surface area (Å²) in [5.74, 6) is 0.0790. The monoisotopic (exact) mass is 318 g/mol. The van der Waals surface area contributed by atoms with Crippen LogP contribution in [0.3, 0.4) is 0 Å². The van der Waals surface area contributed by atoms with Crippen molar-refractivity contribution in [1.82, 2.24) is 10.3 Å². The molecule has 0 saturated carbocycles. The van der Waals surface area contributed by atoms with Gasteiger partial charge in [0.25, 0.3) is 5.91 Å². The molecule has 0 fully saturated rings. The molecule has 0 spiro atoms. The second kappa shape index (κ2) is 6.52. The molecule has 2 N–H and O–H groups in total. The summed E-state index contributed by atoms with van der Waals surface area (Å²) in [4.78, 5) is 27.6. The molecule has 2 heterocycles. The predicted octanol–water partition coefficient (Wildman–Crippen LogP) is 1.59. The molecule has 0 saturated heterocycles. The van der Waals surface area contributed by atoms with Crippen LogP contribution < -0.4 is 15.4 Å². The van der Waals surface area contributed by atoms with Crippen LogP contribution in [0.1, 0.15) is 27.2 Å². The van der Waals surface area contributed by atoms with E-state index < -0.39 is 29.7 Å². The molecule has 0 aliphatic carbocycles. The molecule has 1 aromatic heterocycles. The van der Waals surface area contributed by atoms with Gasteiger partial charge in [-0.2, -0.15) is 5.26 Å². The van der Waals surface area contributed by atoms with Gasteiger partial charge in [-0.25, -0.2) is 4.79 Å². The molecule has 8 heteroatoms. The summed E-state index contributed by atoms with van der Waals surface area (Å²) < 4.78 is 10.7. The third-order valence-corrected chi connectivity index (χ3v) is 2.90. The van der Waals surface area contributed by atoms with E-state index in [-0.39, 0.29) is 6.42 Å². The zero-order chi connectivity index (χ0) is 17.0. The highest BCUT2D eigenvalue weighted by molar-refractivity contribution is 5.97. The van der Waals surface area contributed by atoms with E-state index in [1.165, 1.54) is 12.4 Å². The number of pyridine rings is 1. The van der Waals surface area contributed by atoms with Crippen molar-refractivity contribution in [1.29, 1.82) is 5.26 Å². The van der Waals surface area contributed by atoms with Crippen LogP contribution in [0.5, 0.6) is 5.75 Å². The number of alkyl carbamates (subject to hydrolysis) is 1. The molecule has 1 aromatic rings. The normalized spacial score (nSPS) is 17.8. The van der Waals surface area contributed by atoms with Crippen molar-refractivity contribution in [2.24, 2.45) is 0 Å². The molecule has 0 unspecified atom stereocenters. The number of ether oxygens (including phenoxy) is 2. The minimum atomic E-state index is -0.913. The number of nitrogens with one attached hydrogen (secondary N) is 2. The van der Waals surface area contributed by atoms with Crippen LogP contribution in [-0.4, -0.2) is 34.7 Å². The lowest BCUT2D eigenvalue weighted by molar-refractivity contribution is -0.123. The number of nitrogens with zero attached hydrogens (tertiary/aromatic N) is 2. The molecule has 1 aliphatic rings. The van der Waals surface area contributed by atoms with Gasteiger partial charge < -0.3 is 20.1 Å². The van der Waals surface area contributed by atoms with E-state index in [9.17, 15) is 9.59 Å². The van der Waals surface area contributed by atoms with E-state index in [4.69, 9.17) is 14.7 Å². The Hall–Kier alpha value is -2.82. The molecule has 0 bridgehead atoms. The van der Waals surface area contributed by atoms with Gasteiger partial charge in [-0.3, -0.25) is 9.78 Å². The fraction of sp³-hybridized carbons (Fsp3) is 0.467. The standard InChI is InChI=1S/C15H18N4O4/c1-15(2,3)23-14(21)18-9(7-16)6-12-13(20)19-10-8-17-5-4-11(10)22-12/h4-5,8-9,12H,6H2,1-3H3,(H,18,21)(H,19,20)/t9-,12-/m0/s1. The number of amides is 2. The smallest absolute Gasteiger partial charge is 0.408 e. The van der Waals surface area contributed by atoms with Crippen molar-refractivity contribution in [2.45, 2.75) is 44.9 Å². The van der Waals surface area contributed by atoms with Crippen LogP contribution in [0.2, 0.25) is 0 Å². The minimum absolute atomic E-state index is 0.00331. The molecule has 2 amide bonds. The van der Waals surface area contributed by atoms with Crippen LogP contribution in [0.15, 0.2) is 18.5 Å². The molecule has 122 valence electrons. The first-order valence-corrected chi connectivity index (χ1v) is 7.09. The Bertz CT molecular complexity index is 648. The highest BCUT2D eigenvalue weighted by atomic mass is 16.6. The van der Waals surface area contributed by atoms with Gasteiger partial charge in [-0.15, -0.1) is 0 Å². The number of rotatable bonds is 3. The SMILES string of the molecule is CC(C)(C)OC(=O)N[C@H](C#N)C[C@@H]1Oc2ccncc2NC1=O. The summed E-state index contributed by atoms with van der Waals surface area (Å²) in [6.07, 6.45) is 1.41. The maximum Gasteiger partial charge on any atom is 0.408 e. The van der Waals surface area contributed by atoms with Crippen molar-refractivity contribution < 1.29 is 19.1 Å². The van der Waals surface area contributed by atoms with Crippen molar-refractivity contribution in [3.8, 4) is 11.8 Å². The molecular weight excluding hydrogens is 300 g/mol. The van der Waals surface area contributed by atoms with E-state index >= 15 is 0 Å². The lowest BCUT2D eigenvalue weighted by Gasteiger charge is -2.27. The van der Waals surface area contributed by atoms with Crippen LogP contribution in [0.25, 0.3) is 0 Å². The molecule has 23 heavy (non-hydrogen) atoms. The summed E-state index contributed by atoms with van der Waals surface area (Å²) in [6.45, 7) is 5.16. The topological polar surface area (TPSA) is 113 Å². The lowest BCUT2D eigenvalue weighted by Crippen LogP contribution is -2.45. The number of carbonyl (C=O) groups is 2. The third kappa shape index (κ3) is 4.57. The Morgan fingerprint density at radius 1 is 1.61 bits per heavy atom. The quantitative estimate of drug-likeness (QED) is 0.875. The van der Waals surface area contributed by atoms with Crippen LogP contribution >= 0.6 is 0 Å². The first-order chi connectivity index (χ1) is 10.8. The van der Waals surface area contributed by atoms with E-state index in [1.54, 1.807) is 26.8 Å². The van der Waals surface area contributed by atoms with Gasteiger partial charge in [0.15, 0.2) is 6.10 Å². The number of hydrogen-bond acceptors (Lipinski definition) is 6. The zero-order valence-corrected chi connectivity index (χ0v) is 13.1. The van der Waals surface area contributed by atoms with Crippen molar-refractivity contribution >= 4 is 17.7 Å². The Labute approximate surface area is 133 Å². The number of hydrogen-bond donors (Lipinski definition) is 2. The fourth-order valence-electron chi connectivity index (χ4n) is 1.96. The van der Waals surface area contributed by atoms with Gasteiger partial charge in [0, 0.05) is 18.7 Å². The molecule has 8 nitrogen and oxygen atoms in total. The average molecular weight is 318 g/mol. The highest BCUT2D eigenvalue weighted by Gasteiger charge is 2.31. The molecule has 2 atom stereocenters.